The molecule has 0 bridgehead atoms. The second-order valence-electron chi connectivity index (χ2n) is 2.99. The van der Waals surface area contributed by atoms with E-state index in [1.165, 1.54) is 0 Å². The molecule has 1 aromatic carbocycles. The van der Waals surface area contributed by atoms with Gasteiger partial charge in [0.05, 0.1) is 0 Å². The molecule has 3 heteroatoms. The monoisotopic (exact) mass is 185 g/mol. The quantitative estimate of drug-likeness (QED) is 0.541. The van der Waals surface area contributed by atoms with Gasteiger partial charge in [-0.25, -0.2) is 0 Å². The summed E-state index contributed by atoms with van der Waals surface area (Å²) < 4.78 is 0. The van der Waals surface area contributed by atoms with E-state index in [-0.39, 0.29) is 0 Å². The Kier molecular flexibility index (Phi) is 2.14. The van der Waals surface area contributed by atoms with Gasteiger partial charge in [-0.05, 0) is 11.5 Å². The molecule has 0 saturated carbocycles. The third-order valence-corrected chi connectivity index (χ3v) is 2.16. The van der Waals surface area contributed by atoms with E-state index >= 15 is 0 Å². The highest BCUT2D eigenvalue weighted by atomic mass is 14.9. The summed E-state index contributed by atoms with van der Waals surface area (Å²) in [5, 5.41) is 2.17. The molecule has 0 amide bonds. The summed E-state index contributed by atoms with van der Waals surface area (Å²) in [5.74, 6) is 0.474. The number of fused-ring (bicyclic) bond motifs is 1. The highest BCUT2D eigenvalue weighted by Gasteiger charge is 2.03. The van der Waals surface area contributed by atoms with Gasteiger partial charge in [0.25, 0.3) is 0 Å². The number of pyridine rings is 1. The van der Waals surface area contributed by atoms with Crippen molar-refractivity contribution < 1.29 is 0 Å². The lowest BCUT2D eigenvalue weighted by molar-refractivity contribution is 1.28. The average Bonchev–Trinajstić information content (AvgIpc) is 2.27. The van der Waals surface area contributed by atoms with E-state index < -0.39 is 0 Å². The zero-order valence-electron chi connectivity index (χ0n) is 7.94. The predicted octanol–water partition coefficient (Wildman–Crippen LogP) is 1.57. The SMILES string of the molecule is CN=C(N)c1nccc2ccccc12. The van der Waals surface area contributed by atoms with Crippen LogP contribution >= 0.6 is 0 Å². The van der Waals surface area contributed by atoms with Crippen molar-refractivity contribution in [3.05, 3.63) is 42.2 Å². The van der Waals surface area contributed by atoms with Crippen LogP contribution in [0.15, 0.2) is 41.5 Å². The number of amidine groups is 1. The predicted molar refractivity (Wildman–Crippen MR) is 58.4 cm³/mol. The molecule has 0 spiro atoms. The topological polar surface area (TPSA) is 51.3 Å². The Morgan fingerprint density at radius 1 is 1.29 bits per heavy atom. The lowest BCUT2D eigenvalue weighted by Crippen LogP contribution is -2.15. The zero-order chi connectivity index (χ0) is 9.97. The van der Waals surface area contributed by atoms with Crippen LogP contribution in [0.5, 0.6) is 0 Å². The van der Waals surface area contributed by atoms with E-state index in [2.05, 4.69) is 9.98 Å². The standard InChI is InChI=1S/C11H11N3/c1-13-11(12)10-9-5-3-2-4-8(9)6-7-14-10/h2-7H,1H3,(H2,12,13). The minimum absolute atomic E-state index is 0.474. The van der Waals surface area contributed by atoms with Crippen LogP contribution in [0.2, 0.25) is 0 Å². The van der Waals surface area contributed by atoms with Crippen molar-refractivity contribution in [1.29, 1.82) is 0 Å². The normalized spacial score (nSPS) is 11.9. The second-order valence-corrected chi connectivity index (χ2v) is 2.99. The van der Waals surface area contributed by atoms with Crippen molar-refractivity contribution >= 4 is 16.6 Å². The van der Waals surface area contributed by atoms with E-state index in [1.54, 1.807) is 13.2 Å². The van der Waals surface area contributed by atoms with Crippen molar-refractivity contribution in [2.24, 2.45) is 10.7 Å². The van der Waals surface area contributed by atoms with E-state index in [9.17, 15) is 0 Å². The van der Waals surface area contributed by atoms with Gasteiger partial charge in [0, 0.05) is 18.6 Å². The fourth-order valence-electron chi connectivity index (χ4n) is 1.43. The van der Waals surface area contributed by atoms with E-state index in [0.717, 1.165) is 16.5 Å². The molecule has 2 aromatic rings. The Bertz CT molecular complexity index is 483. The molecule has 3 nitrogen and oxygen atoms in total. The molecule has 0 radical (unpaired) electrons. The lowest BCUT2D eigenvalue weighted by Gasteiger charge is -2.03. The van der Waals surface area contributed by atoms with Crippen LogP contribution in [0.4, 0.5) is 0 Å². The molecule has 0 aliphatic heterocycles. The Hall–Kier alpha value is -1.90. The third-order valence-electron chi connectivity index (χ3n) is 2.16. The first-order chi connectivity index (χ1) is 6.83. The molecule has 70 valence electrons. The Morgan fingerprint density at radius 2 is 2.07 bits per heavy atom. The number of hydrogen-bond donors (Lipinski definition) is 1. The molecular weight excluding hydrogens is 174 g/mol. The van der Waals surface area contributed by atoms with Gasteiger partial charge in [-0.15, -0.1) is 0 Å². The minimum Gasteiger partial charge on any atom is -0.382 e. The molecule has 14 heavy (non-hydrogen) atoms. The van der Waals surface area contributed by atoms with Crippen molar-refractivity contribution in [2.75, 3.05) is 7.05 Å². The van der Waals surface area contributed by atoms with Gasteiger partial charge in [0.1, 0.15) is 11.5 Å². The van der Waals surface area contributed by atoms with Crippen LogP contribution in [-0.4, -0.2) is 17.9 Å². The second kappa shape index (κ2) is 3.46. The maximum atomic E-state index is 5.75. The number of benzene rings is 1. The summed E-state index contributed by atoms with van der Waals surface area (Å²) in [6.07, 6.45) is 1.75. The lowest BCUT2D eigenvalue weighted by atomic mass is 10.1. The number of aromatic nitrogens is 1. The smallest absolute Gasteiger partial charge is 0.145 e. The van der Waals surface area contributed by atoms with Crippen LogP contribution in [0.1, 0.15) is 5.69 Å². The van der Waals surface area contributed by atoms with Crippen LogP contribution in [0, 0.1) is 0 Å². The van der Waals surface area contributed by atoms with Crippen molar-refractivity contribution in [3.8, 4) is 0 Å². The summed E-state index contributed by atoms with van der Waals surface area (Å²) >= 11 is 0. The van der Waals surface area contributed by atoms with Crippen LogP contribution in [-0.2, 0) is 0 Å². The van der Waals surface area contributed by atoms with Crippen molar-refractivity contribution in [2.45, 2.75) is 0 Å². The van der Waals surface area contributed by atoms with E-state index in [0.29, 0.717) is 5.84 Å². The van der Waals surface area contributed by atoms with Gasteiger partial charge in [-0.3, -0.25) is 9.98 Å². The average molecular weight is 185 g/mol. The van der Waals surface area contributed by atoms with Gasteiger partial charge in [-0.2, -0.15) is 0 Å². The summed E-state index contributed by atoms with van der Waals surface area (Å²) in [5.41, 5.74) is 6.50. The number of nitrogens with two attached hydrogens (primary N) is 1. The number of rotatable bonds is 1. The molecule has 0 atom stereocenters. The maximum absolute atomic E-state index is 5.75. The largest absolute Gasteiger partial charge is 0.382 e. The summed E-state index contributed by atoms with van der Waals surface area (Å²) in [4.78, 5) is 8.16. The van der Waals surface area contributed by atoms with Crippen LogP contribution in [0.25, 0.3) is 10.8 Å². The van der Waals surface area contributed by atoms with Crippen molar-refractivity contribution in [3.63, 3.8) is 0 Å². The molecule has 1 heterocycles. The molecule has 2 rings (SSSR count). The third kappa shape index (κ3) is 1.33. The van der Waals surface area contributed by atoms with Gasteiger partial charge in [-0.1, -0.05) is 24.3 Å². The first kappa shape index (κ1) is 8.69. The highest BCUT2D eigenvalue weighted by molar-refractivity contribution is 6.07. The van der Waals surface area contributed by atoms with Gasteiger partial charge in [0.2, 0.25) is 0 Å². The fraction of sp³-hybridized carbons (Fsp3) is 0.0909. The van der Waals surface area contributed by atoms with Crippen LogP contribution < -0.4 is 5.73 Å². The molecule has 0 aliphatic rings. The first-order valence-corrected chi connectivity index (χ1v) is 4.39. The fourth-order valence-corrected chi connectivity index (χ4v) is 1.43. The summed E-state index contributed by atoms with van der Waals surface area (Å²) in [7, 11) is 1.67. The Morgan fingerprint density at radius 3 is 2.86 bits per heavy atom. The molecule has 0 aliphatic carbocycles. The molecule has 1 aromatic heterocycles. The Balaban J connectivity index is 2.77. The van der Waals surface area contributed by atoms with E-state index in [1.807, 2.05) is 30.3 Å². The van der Waals surface area contributed by atoms with Crippen LogP contribution in [0.3, 0.4) is 0 Å². The number of aliphatic imine (C=N–C) groups is 1. The van der Waals surface area contributed by atoms with Gasteiger partial charge < -0.3 is 5.73 Å². The van der Waals surface area contributed by atoms with Gasteiger partial charge in [0.15, 0.2) is 0 Å². The molecule has 2 N–H and O–H groups in total. The maximum Gasteiger partial charge on any atom is 0.145 e. The molecule has 0 unspecified atom stereocenters. The van der Waals surface area contributed by atoms with Crippen molar-refractivity contribution in [1.82, 2.24) is 4.98 Å². The molecule has 0 fully saturated rings. The number of hydrogen-bond acceptors (Lipinski definition) is 2. The zero-order valence-corrected chi connectivity index (χ0v) is 7.94. The van der Waals surface area contributed by atoms with E-state index in [4.69, 9.17) is 5.73 Å². The minimum atomic E-state index is 0.474. The van der Waals surface area contributed by atoms with Gasteiger partial charge >= 0.3 is 0 Å². The first-order valence-electron chi connectivity index (χ1n) is 4.39. The highest BCUT2D eigenvalue weighted by Crippen LogP contribution is 2.15. The summed E-state index contributed by atoms with van der Waals surface area (Å²) in [6.45, 7) is 0. The Labute approximate surface area is 82.3 Å². The summed E-state index contributed by atoms with van der Waals surface area (Å²) in [6, 6.07) is 9.95. The number of nitrogens with zero attached hydrogens (tertiary/aromatic N) is 2. The molecule has 0 saturated heterocycles. The molecular formula is C11H11N3.